The molecule has 5 aliphatic rings. The summed E-state index contributed by atoms with van der Waals surface area (Å²) in [6, 6.07) is 0.672. The molecule has 3 saturated carbocycles. The highest BCUT2D eigenvalue weighted by atomic mass is 19.4. The van der Waals surface area contributed by atoms with Gasteiger partial charge < -0.3 is 15.5 Å². The minimum Gasteiger partial charge on any atom is -0.396 e. The fourth-order valence-electron chi connectivity index (χ4n) is 9.63. The molecule has 0 spiro atoms. The molecule has 7 heteroatoms. The number of fused-ring (bicyclic) bond motifs is 1. The van der Waals surface area contributed by atoms with E-state index in [-0.39, 0.29) is 30.9 Å². The molecule has 5 rings (SSSR count). The van der Waals surface area contributed by atoms with Crippen molar-refractivity contribution in [2.45, 2.75) is 154 Å². The van der Waals surface area contributed by atoms with E-state index in [4.69, 9.17) is 0 Å². The molecular weight excluding hydrogens is 549 g/mol. The average molecular weight is 609 g/mol. The third-order valence-electron chi connectivity index (χ3n) is 12.4. The number of halogens is 3. The lowest BCUT2D eigenvalue weighted by atomic mass is 9.70. The maximum Gasteiger partial charge on any atom is 0.392 e. The molecule has 43 heavy (non-hydrogen) atoms. The second-order valence-electron chi connectivity index (χ2n) is 15.2. The van der Waals surface area contributed by atoms with Gasteiger partial charge in [-0.1, -0.05) is 43.1 Å². The largest absolute Gasteiger partial charge is 0.396 e. The van der Waals surface area contributed by atoms with Crippen LogP contribution >= 0.6 is 0 Å². The molecule has 10 unspecified atom stereocenters. The molecule has 246 valence electrons. The van der Waals surface area contributed by atoms with Crippen LogP contribution in [0.25, 0.3) is 0 Å². The first kappa shape index (κ1) is 33.5. The average Bonchev–Trinajstić information content (AvgIpc) is 3.12. The number of hydrogen-bond donors (Lipinski definition) is 4. The van der Waals surface area contributed by atoms with Crippen molar-refractivity contribution in [2.75, 3.05) is 6.61 Å². The van der Waals surface area contributed by atoms with E-state index in [1.807, 2.05) is 0 Å². The minimum absolute atomic E-state index is 0.0684. The third-order valence-corrected chi connectivity index (χ3v) is 12.4. The molecule has 1 aliphatic heterocycles. The Balaban J connectivity index is 1.13. The Morgan fingerprint density at radius 3 is 2.53 bits per heavy atom. The molecule has 0 bridgehead atoms. The summed E-state index contributed by atoms with van der Waals surface area (Å²) in [5.74, 6) is 0.754. The van der Waals surface area contributed by atoms with Crippen molar-refractivity contribution in [1.29, 1.82) is 0 Å². The summed E-state index contributed by atoms with van der Waals surface area (Å²) in [5, 5.41) is 27.7. The molecule has 0 aromatic carbocycles. The number of alkyl halides is 3. The van der Waals surface area contributed by atoms with Gasteiger partial charge in [-0.2, -0.15) is 13.2 Å². The van der Waals surface area contributed by atoms with Crippen molar-refractivity contribution in [1.82, 2.24) is 10.6 Å². The Kier molecular flexibility index (Phi) is 11.8. The van der Waals surface area contributed by atoms with E-state index < -0.39 is 18.3 Å². The Morgan fingerprint density at radius 1 is 1.00 bits per heavy atom. The predicted molar refractivity (Wildman–Crippen MR) is 167 cm³/mol. The van der Waals surface area contributed by atoms with Gasteiger partial charge in [0.1, 0.15) is 6.23 Å². The summed E-state index contributed by atoms with van der Waals surface area (Å²) in [6.45, 7) is 4.90. The highest BCUT2D eigenvalue weighted by molar-refractivity contribution is 5.23. The first-order chi connectivity index (χ1) is 20.6. The maximum absolute atomic E-state index is 14.3. The topological polar surface area (TPSA) is 64.5 Å². The molecule has 4 aliphatic carbocycles. The van der Waals surface area contributed by atoms with Crippen LogP contribution in [0.15, 0.2) is 23.3 Å². The quantitative estimate of drug-likeness (QED) is 0.158. The number of rotatable bonds is 9. The first-order valence-electron chi connectivity index (χ1n) is 17.9. The second kappa shape index (κ2) is 15.1. The molecule has 1 heterocycles. The number of aliphatic hydroxyl groups excluding tert-OH is 2. The second-order valence-corrected chi connectivity index (χ2v) is 15.2. The Hall–Kier alpha value is -0.890. The van der Waals surface area contributed by atoms with Crippen molar-refractivity contribution < 1.29 is 23.4 Å². The normalized spacial score (nSPS) is 40.0. The van der Waals surface area contributed by atoms with Crippen molar-refractivity contribution in [2.24, 2.45) is 41.4 Å². The van der Waals surface area contributed by atoms with Crippen LogP contribution in [0.3, 0.4) is 0 Å². The summed E-state index contributed by atoms with van der Waals surface area (Å²) in [7, 11) is 0. The van der Waals surface area contributed by atoms with E-state index >= 15 is 0 Å². The highest BCUT2D eigenvalue weighted by Crippen LogP contribution is 2.45. The van der Waals surface area contributed by atoms with Gasteiger partial charge in [-0.15, -0.1) is 0 Å². The molecule has 4 fully saturated rings. The Morgan fingerprint density at radius 2 is 1.79 bits per heavy atom. The number of hydrogen-bond acceptors (Lipinski definition) is 4. The molecule has 10 atom stereocenters. The SMILES string of the molecule is CC1CCC(C(O)NC2CCC(CC=C3CCC(CCO)CC3)C(C(F)(F)F)C2)CC1CC1NC(C)C2CCCCC=C12. The molecule has 0 aromatic rings. The van der Waals surface area contributed by atoms with E-state index in [9.17, 15) is 23.4 Å². The zero-order chi connectivity index (χ0) is 30.6. The third kappa shape index (κ3) is 8.68. The van der Waals surface area contributed by atoms with Gasteiger partial charge in [0.25, 0.3) is 0 Å². The molecule has 0 radical (unpaired) electrons. The van der Waals surface area contributed by atoms with Gasteiger partial charge in [-0.25, -0.2) is 0 Å². The maximum atomic E-state index is 14.3. The Labute approximate surface area is 258 Å². The van der Waals surface area contributed by atoms with Crippen LogP contribution in [0.4, 0.5) is 13.2 Å². The monoisotopic (exact) mass is 608 g/mol. The van der Waals surface area contributed by atoms with E-state index in [1.165, 1.54) is 31.3 Å². The van der Waals surface area contributed by atoms with Crippen LogP contribution in [0.5, 0.6) is 0 Å². The first-order valence-corrected chi connectivity index (χ1v) is 17.9. The highest BCUT2D eigenvalue weighted by Gasteiger charge is 2.48. The van der Waals surface area contributed by atoms with Crippen LogP contribution in [0.1, 0.15) is 123 Å². The van der Waals surface area contributed by atoms with Gasteiger partial charge in [0, 0.05) is 24.7 Å². The van der Waals surface area contributed by atoms with Crippen LogP contribution in [-0.4, -0.2) is 47.3 Å². The zero-order valence-electron chi connectivity index (χ0n) is 26.8. The summed E-state index contributed by atoms with van der Waals surface area (Å²) in [4.78, 5) is 0. The van der Waals surface area contributed by atoms with Gasteiger partial charge in [-0.3, -0.25) is 5.32 Å². The molecular formula is C36H59F3N2O2. The van der Waals surface area contributed by atoms with Crippen LogP contribution in [0.2, 0.25) is 0 Å². The molecule has 1 saturated heterocycles. The summed E-state index contributed by atoms with van der Waals surface area (Å²) >= 11 is 0. The van der Waals surface area contributed by atoms with Crippen molar-refractivity contribution in [3.8, 4) is 0 Å². The van der Waals surface area contributed by atoms with Gasteiger partial charge in [-0.05, 0) is 139 Å². The lowest BCUT2D eigenvalue weighted by Gasteiger charge is -2.41. The summed E-state index contributed by atoms with van der Waals surface area (Å²) in [6.07, 6.45) is 15.5. The summed E-state index contributed by atoms with van der Waals surface area (Å²) < 4.78 is 42.8. The molecule has 4 N–H and O–H groups in total. The van der Waals surface area contributed by atoms with Crippen LogP contribution < -0.4 is 10.6 Å². The van der Waals surface area contributed by atoms with Gasteiger partial charge >= 0.3 is 6.18 Å². The Bertz CT molecular complexity index is 941. The van der Waals surface area contributed by atoms with Crippen LogP contribution in [-0.2, 0) is 0 Å². The molecule has 4 nitrogen and oxygen atoms in total. The van der Waals surface area contributed by atoms with Gasteiger partial charge in [0.2, 0.25) is 0 Å². The van der Waals surface area contributed by atoms with Gasteiger partial charge in [0.15, 0.2) is 0 Å². The van der Waals surface area contributed by atoms with Crippen molar-refractivity contribution >= 4 is 0 Å². The number of allylic oxidation sites excluding steroid dienone is 3. The van der Waals surface area contributed by atoms with Gasteiger partial charge in [0.05, 0.1) is 5.92 Å². The number of nitrogens with one attached hydrogen (secondary N) is 2. The zero-order valence-corrected chi connectivity index (χ0v) is 26.8. The standard InChI is InChI=1S/C36H59F3N2O2/c1-23-8-14-28(20-29(23)21-34-32-7-5-3-4-6-31(32)24(2)40-34)35(43)41-30-17-16-27(33(22-30)36(37,38)39)15-13-25-9-11-26(12-10-25)18-19-42/h7,13,23-24,26-31,33-35,40-43H,3-6,8-12,14-22H2,1-2H3. The predicted octanol–water partition coefficient (Wildman–Crippen LogP) is 8.05. The smallest absolute Gasteiger partial charge is 0.392 e. The van der Waals surface area contributed by atoms with Crippen molar-refractivity contribution in [3.63, 3.8) is 0 Å². The fourth-order valence-corrected chi connectivity index (χ4v) is 9.63. The van der Waals surface area contributed by atoms with E-state index in [2.05, 4.69) is 36.6 Å². The molecule has 0 amide bonds. The lowest BCUT2D eigenvalue weighted by Crippen LogP contribution is -2.49. The van der Waals surface area contributed by atoms with E-state index in [1.54, 1.807) is 5.57 Å². The van der Waals surface area contributed by atoms with E-state index in [0.29, 0.717) is 55.0 Å². The summed E-state index contributed by atoms with van der Waals surface area (Å²) in [5.41, 5.74) is 2.93. The number of aliphatic hydroxyl groups is 2. The van der Waals surface area contributed by atoms with Crippen LogP contribution in [0, 0.1) is 41.4 Å². The fraction of sp³-hybridized carbons (Fsp3) is 0.889. The van der Waals surface area contributed by atoms with Crippen molar-refractivity contribution in [3.05, 3.63) is 23.3 Å². The van der Waals surface area contributed by atoms with E-state index in [0.717, 1.165) is 57.8 Å². The minimum atomic E-state index is -4.21. The molecule has 0 aromatic heterocycles. The lowest BCUT2D eigenvalue weighted by molar-refractivity contribution is -0.199.